The van der Waals surface area contributed by atoms with Crippen LogP contribution in [0.2, 0.25) is 0 Å². The molecule has 2 aliphatic rings. The molecule has 1 aliphatic heterocycles. The Balaban J connectivity index is 1.65. The monoisotopic (exact) mass is 293 g/mol. The minimum absolute atomic E-state index is 0.187. The first-order chi connectivity index (χ1) is 10.3. The van der Waals surface area contributed by atoms with Gasteiger partial charge in [0.25, 0.3) is 0 Å². The number of amides is 1. The first-order valence-corrected chi connectivity index (χ1v) is 7.89. The zero-order valence-corrected chi connectivity index (χ0v) is 12.6. The number of hydrogen-bond donors (Lipinski definition) is 0. The van der Waals surface area contributed by atoms with Gasteiger partial charge >= 0.3 is 0 Å². The third-order valence-electron chi connectivity index (χ3n) is 4.57. The van der Waals surface area contributed by atoms with Crippen LogP contribution >= 0.6 is 0 Å². The van der Waals surface area contributed by atoms with E-state index >= 15 is 0 Å². The first kappa shape index (κ1) is 14.5. The maximum absolute atomic E-state index is 12.1. The number of piperidine rings is 1. The van der Waals surface area contributed by atoms with Gasteiger partial charge in [0, 0.05) is 32.5 Å². The average Bonchev–Trinajstić information content (AvgIpc) is 3.17. The maximum atomic E-state index is 12.1. The Hall–Kier alpha value is -1.43. The second-order valence-electron chi connectivity index (χ2n) is 6.01. The van der Waals surface area contributed by atoms with Gasteiger partial charge in [0.2, 0.25) is 11.8 Å². The van der Waals surface area contributed by atoms with Crippen molar-refractivity contribution in [2.45, 2.75) is 56.9 Å². The standard InChI is InChI=1S/C15H23N3O3/c1-20-9-8-13-16-15(21-17-13)11-6-7-14(19)18(10-11)12-4-2-3-5-12/h11-12H,2-10H2,1H3/t11-/m1/s1. The zero-order valence-electron chi connectivity index (χ0n) is 12.6. The van der Waals surface area contributed by atoms with Gasteiger partial charge in [-0.05, 0) is 19.3 Å². The summed E-state index contributed by atoms with van der Waals surface area (Å²) in [5.74, 6) is 1.84. The van der Waals surface area contributed by atoms with Gasteiger partial charge in [-0.2, -0.15) is 4.98 Å². The largest absolute Gasteiger partial charge is 0.384 e. The lowest BCUT2D eigenvalue weighted by molar-refractivity contribution is -0.136. The highest BCUT2D eigenvalue weighted by molar-refractivity contribution is 5.77. The predicted octanol–water partition coefficient (Wildman–Crippen LogP) is 1.91. The van der Waals surface area contributed by atoms with E-state index in [0.717, 1.165) is 25.8 Å². The van der Waals surface area contributed by atoms with Crippen molar-refractivity contribution < 1.29 is 14.1 Å². The van der Waals surface area contributed by atoms with E-state index in [1.165, 1.54) is 12.8 Å². The van der Waals surface area contributed by atoms with Crippen LogP contribution in [0.5, 0.6) is 0 Å². The molecular weight excluding hydrogens is 270 g/mol. The van der Waals surface area contributed by atoms with E-state index in [9.17, 15) is 4.79 Å². The molecule has 3 rings (SSSR count). The number of carbonyl (C=O) groups excluding carboxylic acids is 1. The van der Waals surface area contributed by atoms with Crippen molar-refractivity contribution in [1.82, 2.24) is 15.0 Å². The molecule has 6 nitrogen and oxygen atoms in total. The van der Waals surface area contributed by atoms with Gasteiger partial charge in [0.05, 0.1) is 12.5 Å². The summed E-state index contributed by atoms with van der Waals surface area (Å²) in [5.41, 5.74) is 0. The number of methoxy groups -OCH3 is 1. The van der Waals surface area contributed by atoms with Crippen LogP contribution in [-0.4, -0.2) is 47.3 Å². The van der Waals surface area contributed by atoms with E-state index in [1.54, 1.807) is 7.11 Å². The minimum atomic E-state index is 0.187. The number of carbonyl (C=O) groups is 1. The molecule has 1 aromatic rings. The van der Waals surface area contributed by atoms with Crippen molar-refractivity contribution in [3.8, 4) is 0 Å². The Bertz CT molecular complexity index is 482. The molecule has 21 heavy (non-hydrogen) atoms. The normalized spacial score (nSPS) is 24.0. The number of hydrogen-bond acceptors (Lipinski definition) is 5. The Morgan fingerprint density at radius 1 is 1.33 bits per heavy atom. The molecule has 2 fully saturated rings. The molecule has 0 aromatic carbocycles. The third kappa shape index (κ3) is 3.26. The third-order valence-corrected chi connectivity index (χ3v) is 4.57. The fourth-order valence-electron chi connectivity index (χ4n) is 3.37. The molecule has 1 atom stereocenters. The Kier molecular flexibility index (Phi) is 4.53. The zero-order chi connectivity index (χ0) is 14.7. The molecule has 6 heteroatoms. The van der Waals surface area contributed by atoms with Crippen LogP contribution in [0.4, 0.5) is 0 Å². The van der Waals surface area contributed by atoms with Gasteiger partial charge in [0.1, 0.15) is 0 Å². The summed E-state index contributed by atoms with van der Waals surface area (Å²) < 4.78 is 10.4. The topological polar surface area (TPSA) is 68.5 Å². The van der Waals surface area contributed by atoms with Crippen LogP contribution in [0.3, 0.4) is 0 Å². The van der Waals surface area contributed by atoms with Crippen LogP contribution in [0, 0.1) is 0 Å². The van der Waals surface area contributed by atoms with Crippen LogP contribution in [0.25, 0.3) is 0 Å². The Labute approximate surface area is 124 Å². The molecule has 1 amide bonds. The Morgan fingerprint density at radius 3 is 2.90 bits per heavy atom. The molecule has 1 saturated heterocycles. The Morgan fingerprint density at radius 2 is 2.14 bits per heavy atom. The molecule has 0 unspecified atom stereocenters. The molecule has 1 saturated carbocycles. The average molecular weight is 293 g/mol. The highest BCUT2D eigenvalue weighted by Crippen LogP contribution is 2.32. The van der Waals surface area contributed by atoms with Crippen molar-refractivity contribution in [3.05, 3.63) is 11.7 Å². The minimum Gasteiger partial charge on any atom is -0.384 e. The van der Waals surface area contributed by atoms with Crippen molar-refractivity contribution >= 4 is 5.91 Å². The number of rotatable bonds is 5. The van der Waals surface area contributed by atoms with E-state index in [0.29, 0.717) is 37.2 Å². The first-order valence-electron chi connectivity index (χ1n) is 7.89. The van der Waals surface area contributed by atoms with Crippen molar-refractivity contribution in [2.75, 3.05) is 20.3 Å². The van der Waals surface area contributed by atoms with Gasteiger partial charge in [-0.25, -0.2) is 0 Å². The number of likely N-dealkylation sites (tertiary alicyclic amines) is 1. The molecule has 116 valence electrons. The van der Waals surface area contributed by atoms with Crippen molar-refractivity contribution in [3.63, 3.8) is 0 Å². The molecule has 2 heterocycles. The van der Waals surface area contributed by atoms with Crippen LogP contribution in [0.1, 0.15) is 56.2 Å². The molecule has 0 N–H and O–H groups in total. The van der Waals surface area contributed by atoms with Gasteiger partial charge in [-0.3, -0.25) is 4.79 Å². The second-order valence-corrected chi connectivity index (χ2v) is 6.01. The fraction of sp³-hybridized carbons (Fsp3) is 0.800. The molecule has 0 radical (unpaired) electrons. The van der Waals surface area contributed by atoms with E-state index in [1.807, 2.05) is 0 Å². The van der Waals surface area contributed by atoms with Crippen LogP contribution in [0.15, 0.2) is 4.52 Å². The second kappa shape index (κ2) is 6.56. The fourth-order valence-corrected chi connectivity index (χ4v) is 3.37. The quantitative estimate of drug-likeness (QED) is 0.829. The summed E-state index contributed by atoms with van der Waals surface area (Å²) in [4.78, 5) is 18.7. The highest BCUT2D eigenvalue weighted by atomic mass is 16.5. The summed E-state index contributed by atoms with van der Waals surface area (Å²) in [5, 5.41) is 4.00. The number of ether oxygens (including phenoxy) is 1. The van der Waals surface area contributed by atoms with Gasteiger partial charge in [0.15, 0.2) is 5.82 Å². The summed E-state index contributed by atoms with van der Waals surface area (Å²) in [6.07, 6.45) is 6.83. The number of aromatic nitrogens is 2. The molecule has 1 aliphatic carbocycles. The summed E-state index contributed by atoms with van der Waals surface area (Å²) in [7, 11) is 1.66. The van der Waals surface area contributed by atoms with Crippen molar-refractivity contribution in [1.29, 1.82) is 0 Å². The lowest BCUT2D eigenvalue weighted by Gasteiger charge is -2.35. The molecule has 0 bridgehead atoms. The smallest absolute Gasteiger partial charge is 0.231 e. The highest BCUT2D eigenvalue weighted by Gasteiger charge is 2.35. The summed E-state index contributed by atoms with van der Waals surface area (Å²) >= 11 is 0. The van der Waals surface area contributed by atoms with Gasteiger partial charge in [-0.15, -0.1) is 0 Å². The lowest BCUT2D eigenvalue weighted by Crippen LogP contribution is -2.44. The lowest BCUT2D eigenvalue weighted by atomic mass is 9.95. The maximum Gasteiger partial charge on any atom is 0.231 e. The summed E-state index contributed by atoms with van der Waals surface area (Å²) in [6, 6.07) is 0.427. The van der Waals surface area contributed by atoms with Gasteiger partial charge < -0.3 is 14.2 Å². The van der Waals surface area contributed by atoms with Crippen LogP contribution in [-0.2, 0) is 16.0 Å². The van der Waals surface area contributed by atoms with E-state index < -0.39 is 0 Å². The molecule has 1 aromatic heterocycles. The van der Waals surface area contributed by atoms with Crippen LogP contribution < -0.4 is 0 Å². The molecule has 0 spiro atoms. The predicted molar refractivity (Wildman–Crippen MR) is 75.8 cm³/mol. The van der Waals surface area contributed by atoms with E-state index in [-0.39, 0.29) is 11.8 Å². The van der Waals surface area contributed by atoms with E-state index in [2.05, 4.69) is 15.0 Å². The van der Waals surface area contributed by atoms with E-state index in [4.69, 9.17) is 9.26 Å². The summed E-state index contributed by atoms with van der Waals surface area (Å²) in [6.45, 7) is 1.33. The molecular formula is C15H23N3O3. The number of nitrogens with zero attached hydrogens (tertiary/aromatic N) is 3. The van der Waals surface area contributed by atoms with Crippen molar-refractivity contribution in [2.24, 2.45) is 0 Å². The SMILES string of the molecule is COCCc1noc([C@@H]2CCC(=O)N(C3CCCC3)C2)n1. The van der Waals surface area contributed by atoms with Gasteiger partial charge in [-0.1, -0.05) is 18.0 Å².